The van der Waals surface area contributed by atoms with E-state index in [4.69, 9.17) is 0 Å². The van der Waals surface area contributed by atoms with Crippen LogP contribution in [0.5, 0.6) is 0 Å². The molecule has 1 N–H and O–H groups in total. The normalized spacial score (nSPS) is 11.8. The molecule has 168 valence electrons. The molecule has 33 heavy (non-hydrogen) atoms. The Balaban J connectivity index is 1.60. The van der Waals surface area contributed by atoms with Crippen LogP contribution in [0.2, 0.25) is 0 Å². The van der Waals surface area contributed by atoms with E-state index in [0.717, 1.165) is 10.4 Å². The van der Waals surface area contributed by atoms with Gasteiger partial charge < -0.3 is 5.32 Å². The zero-order valence-electron chi connectivity index (χ0n) is 17.7. The number of thiophene rings is 1. The van der Waals surface area contributed by atoms with E-state index < -0.39 is 11.0 Å². The van der Waals surface area contributed by atoms with Crippen LogP contribution >= 0.6 is 23.1 Å². The summed E-state index contributed by atoms with van der Waals surface area (Å²) in [5, 5.41) is 25.4. The van der Waals surface area contributed by atoms with E-state index in [1.54, 1.807) is 12.1 Å². The van der Waals surface area contributed by atoms with Crippen LogP contribution in [0.4, 0.5) is 5.69 Å². The molecule has 10 heteroatoms. The predicted molar refractivity (Wildman–Crippen MR) is 129 cm³/mol. The molecular weight excluding hydrogens is 458 g/mol. The number of hydrogen-bond donors (Lipinski definition) is 1. The minimum atomic E-state index is -0.435. The average Bonchev–Trinajstić information content (AvgIpc) is 3.48. The maximum atomic E-state index is 12.5. The van der Waals surface area contributed by atoms with Crippen molar-refractivity contribution in [2.45, 2.75) is 30.3 Å². The molecule has 0 aliphatic heterocycles. The topological polar surface area (TPSA) is 103 Å². The lowest BCUT2D eigenvalue weighted by atomic mass is 10.2. The summed E-state index contributed by atoms with van der Waals surface area (Å²) in [5.74, 6) is 1.13. The van der Waals surface area contributed by atoms with Gasteiger partial charge in [0.05, 0.1) is 17.4 Å². The standard InChI is InChI=1S/C23H21N5O3S2/c1-16(24-21(29)14-20-8-5-13-32-20)22-25-26-23(33-15-17-6-3-2-4-7-17)27(22)18-9-11-19(12-10-18)28(30)31/h2-13,16H,14-15H2,1H3,(H,24,29)/t16-/m1/s1. The summed E-state index contributed by atoms with van der Waals surface area (Å²) in [4.78, 5) is 24.2. The van der Waals surface area contributed by atoms with Crippen LogP contribution in [0.1, 0.15) is 29.2 Å². The fourth-order valence-electron chi connectivity index (χ4n) is 3.27. The van der Waals surface area contributed by atoms with Crippen molar-refractivity contribution in [3.05, 3.63) is 98.5 Å². The van der Waals surface area contributed by atoms with Gasteiger partial charge in [-0.25, -0.2) is 0 Å². The molecular formula is C23H21N5O3S2. The van der Waals surface area contributed by atoms with Crippen molar-refractivity contribution in [1.82, 2.24) is 20.1 Å². The highest BCUT2D eigenvalue weighted by Crippen LogP contribution is 2.28. The van der Waals surface area contributed by atoms with Gasteiger partial charge in [0, 0.05) is 28.5 Å². The molecule has 0 unspecified atom stereocenters. The van der Waals surface area contributed by atoms with Gasteiger partial charge >= 0.3 is 0 Å². The van der Waals surface area contributed by atoms with E-state index in [1.807, 2.05) is 59.3 Å². The molecule has 1 atom stereocenters. The zero-order chi connectivity index (χ0) is 23.2. The van der Waals surface area contributed by atoms with Crippen LogP contribution in [-0.4, -0.2) is 25.6 Å². The quantitative estimate of drug-likeness (QED) is 0.207. The summed E-state index contributed by atoms with van der Waals surface area (Å²) in [7, 11) is 0. The van der Waals surface area contributed by atoms with E-state index in [0.29, 0.717) is 28.8 Å². The molecule has 0 fully saturated rings. The number of thioether (sulfide) groups is 1. The highest BCUT2D eigenvalue weighted by atomic mass is 32.2. The van der Waals surface area contributed by atoms with Gasteiger partial charge in [-0.1, -0.05) is 48.2 Å². The fourth-order valence-corrected chi connectivity index (χ4v) is 4.89. The lowest BCUT2D eigenvalue weighted by molar-refractivity contribution is -0.384. The van der Waals surface area contributed by atoms with Crippen LogP contribution in [0, 0.1) is 10.1 Å². The number of nitrogens with one attached hydrogen (secondary N) is 1. The van der Waals surface area contributed by atoms with E-state index in [-0.39, 0.29) is 11.6 Å². The zero-order valence-corrected chi connectivity index (χ0v) is 19.4. The highest BCUT2D eigenvalue weighted by molar-refractivity contribution is 7.98. The molecule has 0 radical (unpaired) electrons. The summed E-state index contributed by atoms with van der Waals surface area (Å²) in [6.45, 7) is 1.85. The number of non-ortho nitro benzene ring substituents is 1. The largest absolute Gasteiger partial charge is 0.346 e. The number of carbonyl (C=O) groups is 1. The van der Waals surface area contributed by atoms with E-state index in [2.05, 4.69) is 15.5 Å². The minimum absolute atomic E-state index is 0.00385. The molecule has 0 aliphatic rings. The smallest absolute Gasteiger partial charge is 0.269 e. The first-order valence-corrected chi connectivity index (χ1v) is 12.1. The van der Waals surface area contributed by atoms with Crippen molar-refractivity contribution in [1.29, 1.82) is 0 Å². The second kappa shape index (κ2) is 10.4. The van der Waals surface area contributed by atoms with Crippen molar-refractivity contribution in [3.63, 3.8) is 0 Å². The Morgan fingerprint density at radius 2 is 1.88 bits per heavy atom. The van der Waals surface area contributed by atoms with E-state index >= 15 is 0 Å². The van der Waals surface area contributed by atoms with Crippen molar-refractivity contribution in [2.24, 2.45) is 0 Å². The number of amides is 1. The molecule has 4 rings (SSSR count). The first-order valence-electron chi connectivity index (χ1n) is 10.2. The molecule has 8 nitrogen and oxygen atoms in total. The second-order valence-electron chi connectivity index (χ2n) is 7.27. The summed E-state index contributed by atoms with van der Waals surface area (Å²) in [6, 6.07) is 19.6. The third kappa shape index (κ3) is 5.65. The predicted octanol–water partition coefficient (Wildman–Crippen LogP) is 4.95. The Morgan fingerprint density at radius 3 is 2.55 bits per heavy atom. The number of carbonyl (C=O) groups excluding carboxylic acids is 1. The molecule has 0 aliphatic carbocycles. The number of nitrogens with zero attached hydrogens (tertiary/aromatic N) is 4. The first-order chi connectivity index (χ1) is 16.0. The molecule has 0 spiro atoms. The first kappa shape index (κ1) is 22.7. The van der Waals surface area contributed by atoms with Crippen LogP contribution in [0.25, 0.3) is 5.69 Å². The molecule has 0 saturated carbocycles. The number of nitro groups is 1. The Kier molecular flexibility index (Phi) is 7.16. The molecule has 4 aromatic rings. The maximum absolute atomic E-state index is 12.5. The van der Waals surface area contributed by atoms with Crippen LogP contribution in [-0.2, 0) is 17.0 Å². The van der Waals surface area contributed by atoms with Gasteiger partial charge in [0.2, 0.25) is 5.91 Å². The van der Waals surface area contributed by atoms with Crippen LogP contribution in [0.3, 0.4) is 0 Å². The molecule has 1 amide bonds. The lowest BCUT2D eigenvalue weighted by Gasteiger charge is -2.16. The maximum Gasteiger partial charge on any atom is 0.269 e. The van der Waals surface area contributed by atoms with Gasteiger partial charge in [-0.3, -0.25) is 19.5 Å². The highest BCUT2D eigenvalue weighted by Gasteiger charge is 2.22. The van der Waals surface area contributed by atoms with Gasteiger partial charge in [-0.15, -0.1) is 21.5 Å². The van der Waals surface area contributed by atoms with Gasteiger partial charge in [0.25, 0.3) is 5.69 Å². The monoisotopic (exact) mass is 479 g/mol. The van der Waals surface area contributed by atoms with Gasteiger partial charge in [-0.2, -0.15) is 0 Å². The molecule has 0 bridgehead atoms. The number of hydrogen-bond acceptors (Lipinski definition) is 7. The molecule has 2 aromatic carbocycles. The van der Waals surface area contributed by atoms with Crippen molar-refractivity contribution in [3.8, 4) is 5.69 Å². The molecule has 0 saturated heterocycles. The summed E-state index contributed by atoms with van der Waals surface area (Å²) >= 11 is 3.04. The fraction of sp³-hybridized carbons (Fsp3) is 0.174. The SMILES string of the molecule is C[C@@H](NC(=O)Cc1cccs1)c1nnc(SCc2ccccc2)n1-c1ccc([N+](=O)[O-])cc1. The Bertz CT molecular complexity index is 1220. The Morgan fingerprint density at radius 1 is 1.12 bits per heavy atom. The van der Waals surface area contributed by atoms with Crippen LogP contribution < -0.4 is 5.32 Å². The summed E-state index contributed by atoms with van der Waals surface area (Å²) in [5.41, 5.74) is 1.83. The summed E-state index contributed by atoms with van der Waals surface area (Å²) < 4.78 is 1.84. The minimum Gasteiger partial charge on any atom is -0.346 e. The number of rotatable bonds is 9. The van der Waals surface area contributed by atoms with Crippen molar-refractivity contribution in [2.75, 3.05) is 0 Å². The second-order valence-corrected chi connectivity index (χ2v) is 9.24. The lowest BCUT2D eigenvalue weighted by Crippen LogP contribution is -2.29. The number of benzene rings is 2. The van der Waals surface area contributed by atoms with E-state index in [1.165, 1.54) is 35.2 Å². The van der Waals surface area contributed by atoms with E-state index in [9.17, 15) is 14.9 Å². The van der Waals surface area contributed by atoms with Gasteiger partial charge in [0.15, 0.2) is 11.0 Å². The molecule has 2 heterocycles. The van der Waals surface area contributed by atoms with Crippen molar-refractivity contribution < 1.29 is 9.72 Å². The number of nitro benzene ring substituents is 1. The van der Waals surface area contributed by atoms with Gasteiger partial charge in [0.1, 0.15) is 0 Å². The van der Waals surface area contributed by atoms with Gasteiger partial charge in [-0.05, 0) is 36.1 Å². The van der Waals surface area contributed by atoms with Crippen LogP contribution in [0.15, 0.2) is 77.3 Å². The third-order valence-corrected chi connectivity index (χ3v) is 6.74. The number of aromatic nitrogens is 3. The summed E-state index contributed by atoms with van der Waals surface area (Å²) in [6.07, 6.45) is 0.295. The third-order valence-electron chi connectivity index (χ3n) is 4.87. The average molecular weight is 480 g/mol. The molecule has 2 aromatic heterocycles. The Hall–Kier alpha value is -3.50. The Labute approximate surface area is 198 Å². The van der Waals surface area contributed by atoms with Crippen molar-refractivity contribution >= 4 is 34.7 Å².